The highest BCUT2D eigenvalue weighted by atomic mass is 19.1. The summed E-state index contributed by atoms with van der Waals surface area (Å²) in [6.45, 7) is 2.56. The van der Waals surface area contributed by atoms with Crippen molar-refractivity contribution in [3.05, 3.63) is 132 Å². The van der Waals surface area contributed by atoms with Crippen LogP contribution in [0.4, 0.5) is 4.39 Å². The van der Waals surface area contributed by atoms with Crippen LogP contribution in [0.1, 0.15) is 23.6 Å². The number of aliphatic hydroxyl groups excluding tert-OH is 1. The molecule has 0 aliphatic heterocycles. The molecule has 36 heavy (non-hydrogen) atoms. The number of aliphatic hydroxyl groups is 1. The molecular weight excluding hydrogens is 453 g/mol. The average molecular weight is 482 g/mol. The maximum Gasteiger partial charge on any atom is 0.165 e. The predicted molar refractivity (Wildman–Crippen MR) is 140 cm³/mol. The van der Waals surface area contributed by atoms with Crippen LogP contribution in [0.15, 0.2) is 109 Å². The van der Waals surface area contributed by atoms with Gasteiger partial charge in [-0.25, -0.2) is 4.39 Å². The summed E-state index contributed by atoms with van der Waals surface area (Å²) in [5.41, 5.74) is 3.07. The zero-order valence-corrected chi connectivity index (χ0v) is 20.1. The first kappa shape index (κ1) is 23.6. The molecule has 4 aromatic carbocycles. The van der Waals surface area contributed by atoms with Gasteiger partial charge in [0, 0.05) is 11.7 Å². The molecule has 4 nitrogen and oxygen atoms in total. The lowest BCUT2D eigenvalue weighted by atomic mass is 9.84. The van der Waals surface area contributed by atoms with Gasteiger partial charge in [0.05, 0.1) is 12.1 Å². The lowest BCUT2D eigenvalue weighted by Gasteiger charge is -2.34. The van der Waals surface area contributed by atoms with Crippen molar-refractivity contribution in [1.29, 1.82) is 0 Å². The Hall–Kier alpha value is -4.09. The second kappa shape index (κ2) is 10.3. The van der Waals surface area contributed by atoms with Crippen LogP contribution in [-0.4, -0.2) is 22.9 Å². The molecule has 1 aromatic heterocycles. The number of nitrogens with zero attached hydrogens (tertiary/aromatic N) is 1. The molecule has 182 valence electrons. The molecule has 0 fully saturated rings. The molecular formula is C31H28FNO3. The fourth-order valence-corrected chi connectivity index (χ4v) is 4.61. The molecule has 0 aliphatic rings. The molecule has 0 radical (unpaired) electrons. The van der Waals surface area contributed by atoms with Gasteiger partial charge in [-0.2, -0.15) is 0 Å². The zero-order chi connectivity index (χ0) is 25.0. The van der Waals surface area contributed by atoms with Crippen LogP contribution in [0.3, 0.4) is 0 Å². The van der Waals surface area contributed by atoms with Crippen LogP contribution in [-0.2, 0) is 12.1 Å². The van der Waals surface area contributed by atoms with Gasteiger partial charge in [0.2, 0.25) is 0 Å². The third kappa shape index (κ3) is 4.58. The van der Waals surface area contributed by atoms with Crippen molar-refractivity contribution in [2.75, 3.05) is 13.2 Å². The molecule has 0 amide bonds. The number of hydrogen-bond donors (Lipinski definition) is 1. The number of rotatable bonds is 9. The van der Waals surface area contributed by atoms with Gasteiger partial charge in [-0.15, -0.1) is 0 Å². The van der Waals surface area contributed by atoms with E-state index in [0.29, 0.717) is 12.4 Å². The summed E-state index contributed by atoms with van der Waals surface area (Å²) in [4.78, 5) is 0. The molecule has 0 saturated heterocycles. The molecule has 1 heterocycles. The van der Waals surface area contributed by atoms with Gasteiger partial charge in [-0.1, -0.05) is 66.7 Å². The van der Waals surface area contributed by atoms with Crippen molar-refractivity contribution in [2.45, 2.75) is 19.1 Å². The van der Waals surface area contributed by atoms with Crippen molar-refractivity contribution in [3.8, 4) is 11.5 Å². The van der Waals surface area contributed by atoms with Crippen molar-refractivity contribution in [3.63, 3.8) is 0 Å². The topological polar surface area (TPSA) is 43.6 Å². The summed E-state index contributed by atoms with van der Waals surface area (Å²) in [6, 6.07) is 32.9. The van der Waals surface area contributed by atoms with Crippen LogP contribution >= 0.6 is 0 Å². The van der Waals surface area contributed by atoms with E-state index in [2.05, 4.69) is 29.7 Å². The monoisotopic (exact) mass is 481 g/mol. The normalized spacial score (nSPS) is 12.9. The van der Waals surface area contributed by atoms with E-state index in [1.54, 1.807) is 12.1 Å². The van der Waals surface area contributed by atoms with Gasteiger partial charge in [-0.05, 0) is 65.4 Å². The number of fused-ring (bicyclic) bond motifs is 1. The molecule has 0 aliphatic carbocycles. The smallest absolute Gasteiger partial charge is 0.165 e. The highest BCUT2D eigenvalue weighted by Gasteiger charge is 2.33. The lowest BCUT2D eigenvalue weighted by Crippen LogP contribution is -2.32. The number of ether oxygens (including phenoxy) is 2. The summed E-state index contributed by atoms with van der Waals surface area (Å²) >= 11 is 0. The molecule has 1 N–H and O–H groups in total. The number of hydrogen-bond acceptors (Lipinski definition) is 3. The number of aromatic nitrogens is 1. The van der Waals surface area contributed by atoms with Gasteiger partial charge in [0.25, 0.3) is 0 Å². The highest BCUT2D eigenvalue weighted by Crippen LogP contribution is 2.39. The Kier molecular flexibility index (Phi) is 6.74. The van der Waals surface area contributed by atoms with Gasteiger partial charge in [0.1, 0.15) is 19.0 Å². The van der Waals surface area contributed by atoms with E-state index in [9.17, 15) is 0 Å². The zero-order valence-electron chi connectivity index (χ0n) is 20.1. The molecule has 5 heteroatoms. The largest absolute Gasteiger partial charge is 0.491 e. The molecule has 1 unspecified atom stereocenters. The second-order valence-electron chi connectivity index (χ2n) is 8.83. The minimum Gasteiger partial charge on any atom is -0.491 e. The molecule has 0 saturated carbocycles. The van der Waals surface area contributed by atoms with Crippen molar-refractivity contribution < 1.29 is 19.0 Å². The van der Waals surface area contributed by atoms with Crippen LogP contribution in [0.2, 0.25) is 0 Å². The van der Waals surface area contributed by atoms with Crippen LogP contribution in [0.5, 0.6) is 11.5 Å². The Labute approximate surface area is 210 Å². The first-order valence-corrected chi connectivity index (χ1v) is 12.0. The minimum absolute atomic E-state index is 0.0488. The average Bonchev–Trinajstić information content (AvgIpc) is 3.36. The summed E-state index contributed by atoms with van der Waals surface area (Å²) in [6.07, 6.45) is 2.04. The molecule has 5 rings (SSSR count). The first-order chi connectivity index (χ1) is 17.6. The van der Waals surface area contributed by atoms with E-state index in [0.717, 1.165) is 27.6 Å². The van der Waals surface area contributed by atoms with E-state index in [-0.39, 0.29) is 19.0 Å². The molecule has 5 aromatic rings. The van der Waals surface area contributed by atoms with E-state index in [1.165, 1.54) is 0 Å². The van der Waals surface area contributed by atoms with E-state index < -0.39 is 11.4 Å². The van der Waals surface area contributed by atoms with Gasteiger partial charge >= 0.3 is 0 Å². The van der Waals surface area contributed by atoms with Crippen LogP contribution < -0.4 is 9.47 Å². The minimum atomic E-state index is -0.711. The number of para-hydroxylation sites is 1. The highest BCUT2D eigenvalue weighted by molar-refractivity contribution is 5.81. The van der Waals surface area contributed by atoms with Crippen molar-refractivity contribution in [2.24, 2.45) is 0 Å². The third-order valence-electron chi connectivity index (χ3n) is 6.59. The van der Waals surface area contributed by atoms with E-state index >= 15 is 4.39 Å². The third-order valence-corrected chi connectivity index (χ3v) is 6.59. The van der Waals surface area contributed by atoms with Gasteiger partial charge in [0.15, 0.2) is 11.6 Å². The van der Waals surface area contributed by atoms with Gasteiger partial charge < -0.3 is 19.1 Å². The lowest BCUT2D eigenvalue weighted by molar-refractivity contribution is 0.201. The first-order valence-electron chi connectivity index (χ1n) is 12.0. The Morgan fingerprint density at radius 2 is 1.53 bits per heavy atom. The van der Waals surface area contributed by atoms with E-state index in [4.69, 9.17) is 14.6 Å². The Bertz CT molecular complexity index is 1450. The SMILES string of the molecule is CC(c1ccc(OCCO)cc1)(c1ccc(OCc2ccccc2)c(F)c1)n1ccc2ccccc21. The standard InChI is InChI=1S/C31H28FNO3/c1-31(25-11-14-27(15-12-25)35-20-19-34,33-18-17-24-9-5-6-10-29(24)33)26-13-16-30(28(32)21-26)36-22-23-7-3-2-4-8-23/h2-18,21,34H,19-20,22H2,1H3. The maximum absolute atomic E-state index is 15.4. The van der Waals surface area contributed by atoms with Crippen molar-refractivity contribution >= 4 is 10.9 Å². The quantitative estimate of drug-likeness (QED) is 0.260. The van der Waals surface area contributed by atoms with Crippen LogP contribution in [0, 0.1) is 5.82 Å². The summed E-state index contributed by atoms with van der Waals surface area (Å²) < 4.78 is 28.9. The molecule has 0 spiro atoms. The molecule has 0 bridgehead atoms. The number of halogens is 1. The maximum atomic E-state index is 15.4. The predicted octanol–water partition coefficient (Wildman–Crippen LogP) is 6.54. The Morgan fingerprint density at radius 3 is 2.28 bits per heavy atom. The number of benzene rings is 4. The Morgan fingerprint density at radius 1 is 0.806 bits per heavy atom. The summed E-state index contributed by atoms with van der Waals surface area (Å²) in [5, 5.41) is 10.2. The fraction of sp³-hybridized carbons (Fsp3) is 0.161. The van der Waals surface area contributed by atoms with Crippen molar-refractivity contribution in [1.82, 2.24) is 4.57 Å². The van der Waals surface area contributed by atoms with Crippen LogP contribution in [0.25, 0.3) is 10.9 Å². The Balaban J connectivity index is 1.55. The summed E-state index contributed by atoms with van der Waals surface area (Å²) in [7, 11) is 0. The van der Waals surface area contributed by atoms with E-state index in [1.807, 2.05) is 79.0 Å². The van der Waals surface area contributed by atoms with Gasteiger partial charge in [-0.3, -0.25) is 0 Å². The summed E-state index contributed by atoms with van der Waals surface area (Å²) in [5.74, 6) is 0.479. The fourth-order valence-electron chi connectivity index (χ4n) is 4.61. The molecule has 1 atom stereocenters. The second-order valence-corrected chi connectivity index (χ2v) is 8.83.